The van der Waals surface area contributed by atoms with Crippen molar-refractivity contribution < 1.29 is 0 Å². The van der Waals surface area contributed by atoms with E-state index in [1.807, 2.05) is 0 Å². The number of aromatic nitrogens is 1. The van der Waals surface area contributed by atoms with Crippen LogP contribution in [0.1, 0.15) is 103 Å². The molecule has 4 aliphatic carbocycles. The zero-order chi connectivity index (χ0) is 45.7. The van der Waals surface area contributed by atoms with Crippen molar-refractivity contribution in [1.82, 2.24) is 4.57 Å². The summed E-state index contributed by atoms with van der Waals surface area (Å²) < 4.78 is 2.71. The lowest BCUT2D eigenvalue weighted by atomic mass is 9.50. The van der Waals surface area contributed by atoms with Crippen LogP contribution in [0.25, 0.3) is 72.0 Å². The van der Waals surface area contributed by atoms with Crippen molar-refractivity contribution in [2.75, 3.05) is 0 Å². The monoisotopic (exact) mass is 887 g/mol. The molecule has 334 valence electrons. The van der Waals surface area contributed by atoms with Crippen LogP contribution >= 0.6 is 0 Å². The zero-order valence-corrected chi connectivity index (χ0v) is 39.5. The molecule has 4 aliphatic rings. The highest BCUT2D eigenvalue weighted by Gasteiger charge is 2.60. The number of benzene rings is 9. The molecule has 0 N–H and O–H groups in total. The van der Waals surface area contributed by atoms with Gasteiger partial charge in [-0.3, -0.25) is 0 Å². The molecular weight excluding hydrogens is 831 g/mol. The van der Waals surface area contributed by atoms with Gasteiger partial charge in [0.2, 0.25) is 0 Å². The second-order valence-electron chi connectivity index (χ2n) is 21.1. The number of rotatable bonds is 4. The third-order valence-electron chi connectivity index (χ3n) is 17.8. The SMILES string of the molecule is Cc1ccccc1-c1ccccc1C1C23CC(CCCCC14CCC(C2)c1ccccc1-c1cccc(-n2c5ccccc5c5ccc(-c6ccccc6)cc52)c14)c1ccccc1-c1ccccc13. The Hall–Kier alpha value is -7.22. The van der Waals surface area contributed by atoms with Crippen molar-refractivity contribution in [1.29, 1.82) is 0 Å². The molecule has 14 rings (SSSR count). The molecule has 10 aromatic rings. The number of hydrogen-bond donors (Lipinski definition) is 0. The Morgan fingerprint density at radius 2 is 1.00 bits per heavy atom. The van der Waals surface area contributed by atoms with E-state index in [1.54, 1.807) is 16.7 Å². The molecular formula is C68H57N. The number of nitrogens with zero attached hydrogens (tertiary/aromatic N) is 1. The molecule has 2 saturated carbocycles. The highest BCUT2D eigenvalue weighted by atomic mass is 15.0. The van der Waals surface area contributed by atoms with Gasteiger partial charge in [-0.25, -0.2) is 0 Å². The summed E-state index contributed by atoms with van der Waals surface area (Å²) in [5.41, 5.74) is 23.5. The number of fused-ring (bicyclic) bond motifs is 14. The standard InChI is InChI=1S/C68H57N/c1-45-20-5-6-24-50(45)53-27-11-12-32-60(53)66-67-40-18-17-23-48-43-68(66,61-34-15-13-30-56(61)54-28-9-7-25-51(48)54)44-49(39-41-67)52-26-8-10-29-55(52)59-33-19-36-63(65(59)67)69-62-35-16-14-31-57(62)58-38-37-47(42-64(58)69)46-21-3-2-4-22-46/h2-16,19-22,24-38,42,48-49,66H,17-18,23,39-41,43-44H2,1H3. The van der Waals surface area contributed by atoms with Crippen LogP contribution in [0.2, 0.25) is 0 Å². The summed E-state index contributed by atoms with van der Waals surface area (Å²) in [4.78, 5) is 0. The highest BCUT2D eigenvalue weighted by molar-refractivity contribution is 6.10. The third-order valence-corrected chi connectivity index (χ3v) is 17.8. The first-order valence-electron chi connectivity index (χ1n) is 25.8. The average Bonchev–Trinajstić information content (AvgIpc) is 3.63. The summed E-state index contributed by atoms with van der Waals surface area (Å²) in [6.45, 7) is 2.32. The van der Waals surface area contributed by atoms with Crippen molar-refractivity contribution in [2.24, 2.45) is 0 Å². The van der Waals surface area contributed by atoms with Gasteiger partial charge in [-0.1, -0.05) is 207 Å². The summed E-state index contributed by atoms with van der Waals surface area (Å²) in [6.07, 6.45) is 9.25. The maximum Gasteiger partial charge on any atom is 0.0547 e. The van der Waals surface area contributed by atoms with Gasteiger partial charge in [0.25, 0.3) is 0 Å². The molecule has 2 spiro atoms. The van der Waals surface area contributed by atoms with E-state index in [9.17, 15) is 0 Å². The summed E-state index contributed by atoms with van der Waals surface area (Å²) in [5, 5.41) is 2.61. The maximum atomic E-state index is 2.71. The first-order valence-corrected chi connectivity index (χ1v) is 25.8. The molecule has 1 nitrogen and oxygen atoms in total. The van der Waals surface area contributed by atoms with E-state index in [2.05, 4.69) is 224 Å². The van der Waals surface area contributed by atoms with Crippen molar-refractivity contribution in [2.45, 2.75) is 86.9 Å². The van der Waals surface area contributed by atoms with Crippen molar-refractivity contribution in [3.63, 3.8) is 0 Å². The van der Waals surface area contributed by atoms with Gasteiger partial charge in [0.1, 0.15) is 0 Å². The Labute approximate surface area is 407 Å². The van der Waals surface area contributed by atoms with Crippen LogP contribution in [0, 0.1) is 6.92 Å². The van der Waals surface area contributed by atoms with Crippen LogP contribution in [0.3, 0.4) is 0 Å². The van der Waals surface area contributed by atoms with Gasteiger partial charge < -0.3 is 4.57 Å². The molecule has 5 atom stereocenters. The van der Waals surface area contributed by atoms with Crippen molar-refractivity contribution in [3.05, 3.63) is 246 Å². The molecule has 2 fully saturated rings. The zero-order valence-electron chi connectivity index (χ0n) is 39.5. The first-order chi connectivity index (χ1) is 34.1. The number of hydrogen-bond acceptors (Lipinski definition) is 0. The molecule has 1 aromatic heterocycles. The van der Waals surface area contributed by atoms with Gasteiger partial charge in [0.05, 0.1) is 16.7 Å². The quantitative estimate of drug-likeness (QED) is 0.166. The van der Waals surface area contributed by atoms with Crippen LogP contribution < -0.4 is 0 Å². The van der Waals surface area contributed by atoms with Crippen LogP contribution in [0.5, 0.6) is 0 Å². The van der Waals surface area contributed by atoms with Crippen LogP contribution in [-0.4, -0.2) is 4.57 Å². The Bertz CT molecular complexity index is 3630. The number of aryl methyl sites for hydroxylation is 1. The molecule has 0 aliphatic heterocycles. The fraction of sp³-hybridized carbons (Fsp3) is 0.206. The van der Waals surface area contributed by atoms with E-state index in [4.69, 9.17) is 0 Å². The minimum Gasteiger partial charge on any atom is -0.309 e. The van der Waals surface area contributed by atoms with Gasteiger partial charge in [0.15, 0.2) is 0 Å². The van der Waals surface area contributed by atoms with Gasteiger partial charge in [0, 0.05) is 27.5 Å². The lowest BCUT2D eigenvalue weighted by molar-refractivity contribution is 0.191. The highest BCUT2D eigenvalue weighted by Crippen LogP contribution is 2.70. The van der Waals surface area contributed by atoms with Gasteiger partial charge in [-0.2, -0.15) is 0 Å². The Balaban J connectivity index is 1.18. The molecule has 1 heteroatoms. The van der Waals surface area contributed by atoms with E-state index in [0.29, 0.717) is 11.8 Å². The fourth-order valence-electron chi connectivity index (χ4n) is 15.2. The Morgan fingerprint density at radius 1 is 0.406 bits per heavy atom. The first kappa shape index (κ1) is 40.8. The molecule has 5 unspecified atom stereocenters. The largest absolute Gasteiger partial charge is 0.309 e. The van der Waals surface area contributed by atoms with E-state index < -0.39 is 0 Å². The number of para-hydroxylation sites is 1. The molecule has 4 bridgehead atoms. The van der Waals surface area contributed by atoms with E-state index in [0.717, 1.165) is 32.1 Å². The minimum atomic E-state index is -0.250. The van der Waals surface area contributed by atoms with Crippen LogP contribution in [0.4, 0.5) is 0 Å². The second-order valence-corrected chi connectivity index (χ2v) is 21.1. The van der Waals surface area contributed by atoms with E-state index in [1.165, 1.54) is 108 Å². The summed E-state index contributed by atoms with van der Waals surface area (Å²) in [7, 11) is 0. The van der Waals surface area contributed by atoms with Gasteiger partial charge in [-0.15, -0.1) is 0 Å². The normalized spacial score (nSPS) is 22.4. The van der Waals surface area contributed by atoms with E-state index in [-0.39, 0.29) is 16.7 Å². The topological polar surface area (TPSA) is 4.93 Å². The molecule has 0 radical (unpaired) electrons. The third kappa shape index (κ3) is 6.08. The molecule has 1 heterocycles. The minimum absolute atomic E-state index is 0.157. The maximum absolute atomic E-state index is 2.71. The molecule has 0 saturated heterocycles. The lowest BCUT2D eigenvalue weighted by Gasteiger charge is -2.53. The fourth-order valence-corrected chi connectivity index (χ4v) is 15.2. The van der Waals surface area contributed by atoms with Crippen molar-refractivity contribution >= 4 is 21.8 Å². The van der Waals surface area contributed by atoms with Crippen molar-refractivity contribution in [3.8, 4) is 50.2 Å². The van der Waals surface area contributed by atoms with Gasteiger partial charge in [-0.05, 0) is 153 Å². The molecule has 9 aromatic carbocycles. The molecule has 69 heavy (non-hydrogen) atoms. The van der Waals surface area contributed by atoms with Crippen LogP contribution in [0.15, 0.2) is 212 Å². The average molecular weight is 888 g/mol. The predicted octanol–water partition coefficient (Wildman–Crippen LogP) is 18.1. The summed E-state index contributed by atoms with van der Waals surface area (Å²) >= 11 is 0. The van der Waals surface area contributed by atoms with Crippen LogP contribution in [-0.2, 0) is 10.8 Å². The van der Waals surface area contributed by atoms with E-state index >= 15 is 0 Å². The smallest absolute Gasteiger partial charge is 0.0547 e. The summed E-state index contributed by atoms with van der Waals surface area (Å²) in [6, 6.07) is 82.8. The second kappa shape index (κ2) is 15.9. The molecule has 0 amide bonds. The summed E-state index contributed by atoms with van der Waals surface area (Å²) in [5.74, 6) is 0.990. The Morgan fingerprint density at radius 3 is 1.78 bits per heavy atom. The predicted molar refractivity (Wildman–Crippen MR) is 289 cm³/mol. The Kier molecular flexibility index (Phi) is 9.42. The lowest BCUT2D eigenvalue weighted by Crippen LogP contribution is -2.47. The van der Waals surface area contributed by atoms with Gasteiger partial charge >= 0.3 is 0 Å².